The van der Waals surface area contributed by atoms with E-state index in [-0.39, 0.29) is 5.78 Å². The van der Waals surface area contributed by atoms with E-state index < -0.39 is 0 Å². The molecule has 1 aromatic heterocycles. The highest BCUT2D eigenvalue weighted by Crippen LogP contribution is 2.29. The van der Waals surface area contributed by atoms with Gasteiger partial charge >= 0.3 is 0 Å². The molecule has 0 saturated carbocycles. The van der Waals surface area contributed by atoms with Crippen LogP contribution in [0.2, 0.25) is 0 Å². The lowest BCUT2D eigenvalue weighted by atomic mass is 9.94. The molecule has 0 amide bonds. The fourth-order valence-electron chi connectivity index (χ4n) is 3.77. The van der Waals surface area contributed by atoms with Crippen molar-refractivity contribution >= 4 is 38.0 Å². The third-order valence-electron chi connectivity index (χ3n) is 5.17. The molecule has 0 aliphatic heterocycles. The normalized spacial score (nSPS) is 11.1. The third-order valence-corrected chi connectivity index (χ3v) is 6.29. The summed E-state index contributed by atoms with van der Waals surface area (Å²) in [5.41, 5.74) is 3.11. The topological polar surface area (TPSA) is 17.1 Å². The molecule has 0 bridgehead atoms. The number of rotatable bonds is 4. The Kier molecular flexibility index (Phi) is 4.27. The van der Waals surface area contributed by atoms with Gasteiger partial charge in [0.1, 0.15) is 0 Å². The van der Waals surface area contributed by atoms with E-state index in [4.69, 9.17) is 0 Å². The van der Waals surface area contributed by atoms with Gasteiger partial charge < -0.3 is 0 Å². The van der Waals surface area contributed by atoms with Crippen LogP contribution in [0.1, 0.15) is 26.4 Å². The van der Waals surface area contributed by atoms with Gasteiger partial charge in [0.05, 0.1) is 4.88 Å². The van der Waals surface area contributed by atoms with Crippen LogP contribution < -0.4 is 0 Å². The molecule has 0 aliphatic carbocycles. The average Bonchev–Trinajstić information content (AvgIpc) is 3.18. The highest BCUT2D eigenvalue weighted by Gasteiger charge is 2.16. The number of carbonyl (C=O) groups is 1. The van der Waals surface area contributed by atoms with Gasteiger partial charge in [-0.15, -0.1) is 11.3 Å². The van der Waals surface area contributed by atoms with E-state index in [0.717, 1.165) is 32.5 Å². The second kappa shape index (κ2) is 7.06. The summed E-state index contributed by atoms with van der Waals surface area (Å²) in [6, 6.07) is 33.0. The van der Waals surface area contributed by atoms with E-state index in [9.17, 15) is 4.79 Å². The minimum Gasteiger partial charge on any atom is -0.288 e. The number of carbonyl (C=O) groups excluding carboxylic acids is 1. The summed E-state index contributed by atoms with van der Waals surface area (Å²) in [6.07, 6.45) is 0.744. The first kappa shape index (κ1) is 16.9. The van der Waals surface area contributed by atoms with Gasteiger partial charge in [-0.25, -0.2) is 0 Å². The number of thiophene rings is 1. The highest BCUT2D eigenvalue weighted by molar-refractivity contribution is 7.21. The number of benzene rings is 4. The second-order valence-electron chi connectivity index (χ2n) is 6.95. The second-order valence-corrected chi connectivity index (χ2v) is 8.03. The fourth-order valence-corrected chi connectivity index (χ4v) is 4.79. The van der Waals surface area contributed by atoms with E-state index in [0.29, 0.717) is 0 Å². The SMILES string of the molecule is O=C(c1cc2ccccc2s1)c1ccccc1Cc1cccc2ccccc12. The molecule has 0 N–H and O–H groups in total. The number of hydrogen-bond acceptors (Lipinski definition) is 2. The quantitative estimate of drug-likeness (QED) is 0.312. The van der Waals surface area contributed by atoms with Crippen LogP contribution in [0.15, 0.2) is 97.1 Å². The molecular weight excluding hydrogens is 360 g/mol. The van der Waals surface area contributed by atoms with Crippen LogP contribution >= 0.6 is 11.3 Å². The molecule has 1 heterocycles. The van der Waals surface area contributed by atoms with Crippen molar-refractivity contribution in [2.75, 3.05) is 0 Å². The minimum atomic E-state index is 0.108. The van der Waals surface area contributed by atoms with Crippen molar-refractivity contribution in [1.82, 2.24) is 0 Å². The van der Waals surface area contributed by atoms with Crippen molar-refractivity contribution in [3.05, 3.63) is 119 Å². The summed E-state index contributed by atoms with van der Waals surface area (Å²) in [7, 11) is 0. The molecule has 4 aromatic carbocycles. The fraction of sp³-hybridized carbons (Fsp3) is 0.0385. The third kappa shape index (κ3) is 3.02. The van der Waals surface area contributed by atoms with Gasteiger partial charge in [-0.1, -0.05) is 84.9 Å². The van der Waals surface area contributed by atoms with Crippen LogP contribution in [0.3, 0.4) is 0 Å². The smallest absolute Gasteiger partial charge is 0.203 e. The first-order valence-corrected chi connectivity index (χ1v) is 10.2. The van der Waals surface area contributed by atoms with Crippen LogP contribution in [0.5, 0.6) is 0 Å². The standard InChI is InChI=1S/C26H18OS/c27-26(25-17-21-10-3-6-15-24(21)28-25)23-14-5-2-9-20(23)16-19-12-7-11-18-8-1-4-13-22(18)19/h1-15,17H,16H2. The molecule has 0 radical (unpaired) electrons. The Hall–Kier alpha value is -3.23. The van der Waals surface area contributed by atoms with Crippen LogP contribution in [0, 0.1) is 0 Å². The lowest BCUT2D eigenvalue weighted by Crippen LogP contribution is -2.04. The van der Waals surface area contributed by atoms with E-state index >= 15 is 0 Å². The molecule has 2 heteroatoms. The predicted octanol–water partition coefficient (Wildman–Crippen LogP) is 6.88. The van der Waals surface area contributed by atoms with E-state index in [1.807, 2.05) is 36.4 Å². The molecule has 0 fully saturated rings. The molecule has 28 heavy (non-hydrogen) atoms. The lowest BCUT2D eigenvalue weighted by molar-refractivity contribution is 0.104. The van der Waals surface area contributed by atoms with Gasteiger partial charge in [0.2, 0.25) is 5.78 Å². The Labute approximate surface area is 167 Å². The van der Waals surface area contributed by atoms with Crippen molar-refractivity contribution < 1.29 is 4.79 Å². The minimum absolute atomic E-state index is 0.108. The lowest BCUT2D eigenvalue weighted by Gasteiger charge is -2.10. The molecule has 1 nitrogen and oxygen atoms in total. The highest BCUT2D eigenvalue weighted by atomic mass is 32.1. The summed E-state index contributed by atoms with van der Waals surface area (Å²) >= 11 is 1.57. The van der Waals surface area contributed by atoms with E-state index in [1.165, 1.54) is 16.3 Å². The number of hydrogen-bond donors (Lipinski definition) is 0. The molecule has 0 unspecified atom stereocenters. The summed E-state index contributed by atoms with van der Waals surface area (Å²) in [4.78, 5) is 14.1. The zero-order chi connectivity index (χ0) is 18.9. The van der Waals surface area contributed by atoms with Crippen molar-refractivity contribution in [2.24, 2.45) is 0 Å². The largest absolute Gasteiger partial charge is 0.288 e. The monoisotopic (exact) mass is 378 g/mol. The predicted molar refractivity (Wildman–Crippen MR) is 118 cm³/mol. The Morgan fingerprint density at radius 1 is 0.679 bits per heavy atom. The van der Waals surface area contributed by atoms with Gasteiger partial charge in [-0.05, 0) is 45.8 Å². The van der Waals surface area contributed by atoms with Gasteiger partial charge in [-0.2, -0.15) is 0 Å². The maximum atomic E-state index is 13.3. The summed E-state index contributed by atoms with van der Waals surface area (Å²) in [6.45, 7) is 0. The molecule has 0 atom stereocenters. The molecular formula is C26H18OS. The van der Waals surface area contributed by atoms with Crippen molar-refractivity contribution in [3.63, 3.8) is 0 Å². The number of ketones is 1. The van der Waals surface area contributed by atoms with Crippen LogP contribution in [-0.4, -0.2) is 5.78 Å². The summed E-state index contributed by atoms with van der Waals surface area (Å²) in [5.74, 6) is 0.108. The van der Waals surface area contributed by atoms with E-state index in [2.05, 4.69) is 60.7 Å². The van der Waals surface area contributed by atoms with Crippen molar-refractivity contribution in [2.45, 2.75) is 6.42 Å². The van der Waals surface area contributed by atoms with Crippen molar-refractivity contribution in [3.8, 4) is 0 Å². The van der Waals surface area contributed by atoms with Gasteiger partial charge in [0.25, 0.3) is 0 Å². The molecule has 134 valence electrons. The van der Waals surface area contributed by atoms with E-state index in [1.54, 1.807) is 11.3 Å². The van der Waals surface area contributed by atoms with Gasteiger partial charge in [0.15, 0.2) is 0 Å². The van der Waals surface area contributed by atoms with Gasteiger partial charge in [-0.3, -0.25) is 4.79 Å². The maximum absolute atomic E-state index is 13.3. The maximum Gasteiger partial charge on any atom is 0.203 e. The van der Waals surface area contributed by atoms with Crippen LogP contribution in [0.25, 0.3) is 20.9 Å². The molecule has 5 aromatic rings. The molecule has 0 spiro atoms. The van der Waals surface area contributed by atoms with Crippen LogP contribution in [0.4, 0.5) is 0 Å². The van der Waals surface area contributed by atoms with Crippen molar-refractivity contribution in [1.29, 1.82) is 0 Å². The summed E-state index contributed by atoms with van der Waals surface area (Å²) < 4.78 is 1.15. The first-order valence-electron chi connectivity index (χ1n) is 9.37. The van der Waals surface area contributed by atoms with Crippen LogP contribution in [-0.2, 0) is 6.42 Å². The Morgan fingerprint density at radius 3 is 2.25 bits per heavy atom. The Morgan fingerprint density at radius 2 is 1.36 bits per heavy atom. The zero-order valence-electron chi connectivity index (χ0n) is 15.3. The molecule has 0 saturated heterocycles. The zero-order valence-corrected chi connectivity index (χ0v) is 16.1. The molecule has 5 rings (SSSR count). The molecule has 0 aliphatic rings. The van der Waals surface area contributed by atoms with Gasteiger partial charge in [0, 0.05) is 10.3 Å². The number of fused-ring (bicyclic) bond motifs is 2. The first-order chi connectivity index (χ1) is 13.8. The Bertz CT molecular complexity index is 1270. The summed E-state index contributed by atoms with van der Waals surface area (Å²) in [5, 5.41) is 3.60. The average molecular weight is 378 g/mol. The Balaban J connectivity index is 1.56.